The SMILES string of the molecule is C=C(C)[C@@H]1CC[C@]2(C(=O)CCCN(CC(C)=O)CC(=O)O)CC[C@]3(C)[C@H](CC[C@@H]4[C@@]5(C)CC=C(c6ccc(C(=O)O)cc6)C(C)(C)[C@@H]5CC[C@]43C)[C@@H]12. The fourth-order valence-electron chi connectivity index (χ4n) is 13.9. The van der Waals surface area contributed by atoms with E-state index in [1.807, 2.05) is 12.1 Å². The van der Waals surface area contributed by atoms with Crippen molar-refractivity contribution in [1.82, 2.24) is 4.90 Å². The van der Waals surface area contributed by atoms with Crippen molar-refractivity contribution >= 4 is 29.1 Å². The Balaban J connectivity index is 1.27. The number of hydrogen-bond donors (Lipinski definition) is 2. The summed E-state index contributed by atoms with van der Waals surface area (Å²) in [7, 11) is 0. The summed E-state index contributed by atoms with van der Waals surface area (Å²) < 4.78 is 0. The molecule has 0 amide bonds. The highest BCUT2D eigenvalue weighted by molar-refractivity contribution is 5.88. The molecular formula is C45H63NO6. The van der Waals surface area contributed by atoms with E-state index in [2.05, 4.69) is 54.2 Å². The van der Waals surface area contributed by atoms with Gasteiger partial charge in [0.15, 0.2) is 0 Å². The van der Waals surface area contributed by atoms with Crippen LogP contribution in [-0.2, 0) is 14.4 Å². The molecule has 0 aromatic heterocycles. The van der Waals surface area contributed by atoms with E-state index in [0.29, 0.717) is 54.4 Å². The number of aromatic carboxylic acids is 1. The van der Waals surface area contributed by atoms with Crippen molar-refractivity contribution in [1.29, 1.82) is 0 Å². The number of nitrogens with zero attached hydrogens (tertiary/aromatic N) is 1. The summed E-state index contributed by atoms with van der Waals surface area (Å²) in [5, 5.41) is 18.9. The van der Waals surface area contributed by atoms with Crippen LogP contribution in [0.3, 0.4) is 0 Å². The third kappa shape index (κ3) is 6.05. The Hall–Kier alpha value is -3.06. The van der Waals surface area contributed by atoms with Gasteiger partial charge in [-0.25, -0.2) is 4.79 Å². The van der Waals surface area contributed by atoms with Gasteiger partial charge in [0.2, 0.25) is 0 Å². The molecular weight excluding hydrogens is 650 g/mol. The van der Waals surface area contributed by atoms with Crippen LogP contribution in [-0.4, -0.2) is 58.3 Å². The van der Waals surface area contributed by atoms with Crippen LogP contribution in [0.4, 0.5) is 0 Å². The largest absolute Gasteiger partial charge is 0.480 e. The minimum absolute atomic E-state index is 0.0497. The highest BCUT2D eigenvalue weighted by atomic mass is 16.4. The van der Waals surface area contributed by atoms with Gasteiger partial charge in [-0.1, -0.05) is 65.0 Å². The van der Waals surface area contributed by atoms with E-state index >= 15 is 0 Å². The molecule has 7 heteroatoms. The lowest BCUT2D eigenvalue weighted by Crippen LogP contribution is -2.65. The molecule has 2 N–H and O–H groups in total. The van der Waals surface area contributed by atoms with E-state index in [0.717, 1.165) is 50.5 Å². The quantitative estimate of drug-likeness (QED) is 0.208. The fraction of sp³-hybridized carbons (Fsp3) is 0.689. The van der Waals surface area contributed by atoms with Gasteiger partial charge in [-0.3, -0.25) is 19.3 Å². The second-order valence-electron chi connectivity index (χ2n) is 19.1. The molecule has 0 unspecified atom stereocenters. The summed E-state index contributed by atoms with van der Waals surface area (Å²) in [6.07, 6.45) is 13.1. The number of aliphatic carboxylic acids is 1. The summed E-state index contributed by atoms with van der Waals surface area (Å²) in [4.78, 5) is 51.1. The van der Waals surface area contributed by atoms with Gasteiger partial charge >= 0.3 is 11.9 Å². The normalized spacial score (nSPS) is 37.5. The van der Waals surface area contributed by atoms with Crippen molar-refractivity contribution in [2.45, 2.75) is 119 Å². The molecule has 0 heterocycles. The van der Waals surface area contributed by atoms with Crippen LogP contribution in [0.5, 0.6) is 0 Å². The zero-order chi connectivity index (χ0) is 38.0. The Kier molecular flexibility index (Phi) is 10.2. The Bertz CT molecular complexity index is 1640. The van der Waals surface area contributed by atoms with Crippen molar-refractivity contribution in [2.75, 3.05) is 19.6 Å². The third-order valence-electron chi connectivity index (χ3n) is 16.3. The minimum atomic E-state index is -0.953. The van der Waals surface area contributed by atoms with Gasteiger partial charge in [0.1, 0.15) is 11.6 Å². The topological polar surface area (TPSA) is 112 Å². The summed E-state index contributed by atoms with van der Waals surface area (Å²) >= 11 is 0. The van der Waals surface area contributed by atoms with Crippen molar-refractivity contribution in [3.8, 4) is 0 Å². The second-order valence-corrected chi connectivity index (χ2v) is 19.1. The molecule has 6 rings (SSSR count). The molecule has 1 aromatic carbocycles. The molecule has 9 atom stereocenters. The number of carboxylic acid groups (broad SMARTS) is 2. The molecule has 4 saturated carbocycles. The first kappa shape index (κ1) is 38.7. The smallest absolute Gasteiger partial charge is 0.335 e. The first-order valence-electron chi connectivity index (χ1n) is 20.0. The first-order valence-corrected chi connectivity index (χ1v) is 20.0. The summed E-state index contributed by atoms with van der Waals surface area (Å²) in [6.45, 7) is 21.1. The number of rotatable bonds is 12. The molecule has 5 aliphatic rings. The maximum atomic E-state index is 14.6. The Morgan fingerprint density at radius 1 is 0.827 bits per heavy atom. The minimum Gasteiger partial charge on any atom is -0.480 e. The lowest BCUT2D eigenvalue weighted by molar-refractivity contribution is -0.224. The number of hydrogen-bond acceptors (Lipinski definition) is 5. The van der Waals surface area contributed by atoms with Gasteiger partial charge in [0.25, 0.3) is 0 Å². The molecule has 0 bridgehead atoms. The first-order chi connectivity index (χ1) is 24.3. The number of ketones is 2. The Labute approximate surface area is 311 Å². The van der Waals surface area contributed by atoms with Gasteiger partial charge in [0, 0.05) is 11.8 Å². The number of benzene rings is 1. The number of carbonyl (C=O) groups is 4. The van der Waals surface area contributed by atoms with Gasteiger partial charge < -0.3 is 10.2 Å². The molecule has 0 aliphatic heterocycles. The van der Waals surface area contributed by atoms with Crippen LogP contribution in [0.15, 0.2) is 42.5 Å². The van der Waals surface area contributed by atoms with Gasteiger partial charge in [-0.05, 0) is 159 Å². The van der Waals surface area contributed by atoms with E-state index in [9.17, 15) is 29.4 Å². The summed E-state index contributed by atoms with van der Waals surface area (Å²) in [6, 6.07) is 7.46. The number of carboxylic acids is 2. The predicted octanol–water partition coefficient (Wildman–Crippen LogP) is 9.36. The Morgan fingerprint density at radius 3 is 2.13 bits per heavy atom. The maximum absolute atomic E-state index is 14.6. The summed E-state index contributed by atoms with van der Waals surface area (Å²) in [5.41, 5.74) is 4.01. The van der Waals surface area contributed by atoms with Crippen LogP contribution in [0.2, 0.25) is 0 Å². The van der Waals surface area contributed by atoms with Crippen LogP contribution < -0.4 is 0 Å². The summed E-state index contributed by atoms with van der Waals surface area (Å²) in [5.74, 6) is 0.605. The second kappa shape index (κ2) is 13.7. The van der Waals surface area contributed by atoms with Crippen LogP contribution >= 0.6 is 0 Å². The van der Waals surface area contributed by atoms with E-state index in [-0.39, 0.29) is 51.9 Å². The average molecular weight is 714 g/mol. The standard InChI is InChI=1S/C45H63NO6/c1-28(2)32-17-22-45(37(48)10-9-25-46(26-29(3)47)27-38(49)50)24-23-43(7)34(39(32)45)15-16-36-42(6)20-18-33(30-11-13-31(14-12-30)40(51)52)41(4,5)35(42)19-21-44(36,43)8/h11-14,18,32,34-36,39H,1,9-10,15-17,19-27H2,2-8H3,(H,49,50)(H,51,52)/t32-,34+,35-,36+,39+,42-,43+,44+,45+/m0/s1. The molecule has 0 radical (unpaired) electrons. The molecule has 5 aliphatic carbocycles. The fourth-order valence-corrected chi connectivity index (χ4v) is 13.9. The zero-order valence-electron chi connectivity index (χ0n) is 32.9. The van der Waals surface area contributed by atoms with Crippen LogP contribution in [0, 0.1) is 56.7 Å². The highest BCUT2D eigenvalue weighted by Crippen LogP contribution is 2.78. The number of carbonyl (C=O) groups excluding carboxylic acids is 2. The van der Waals surface area contributed by atoms with Crippen molar-refractivity contribution in [3.05, 3.63) is 53.6 Å². The van der Waals surface area contributed by atoms with E-state index in [4.69, 9.17) is 0 Å². The van der Waals surface area contributed by atoms with Crippen molar-refractivity contribution in [3.63, 3.8) is 0 Å². The highest BCUT2D eigenvalue weighted by Gasteiger charge is 2.71. The average Bonchev–Trinajstić information content (AvgIpc) is 3.46. The van der Waals surface area contributed by atoms with E-state index in [1.54, 1.807) is 17.0 Å². The Morgan fingerprint density at radius 2 is 1.52 bits per heavy atom. The molecule has 52 heavy (non-hydrogen) atoms. The van der Waals surface area contributed by atoms with Crippen molar-refractivity contribution in [2.24, 2.45) is 56.7 Å². The molecule has 0 spiro atoms. The molecule has 0 saturated heterocycles. The molecule has 284 valence electrons. The zero-order valence-corrected chi connectivity index (χ0v) is 32.9. The predicted molar refractivity (Wildman–Crippen MR) is 205 cm³/mol. The van der Waals surface area contributed by atoms with Crippen LogP contribution in [0.1, 0.15) is 135 Å². The van der Waals surface area contributed by atoms with E-state index < -0.39 is 11.9 Å². The number of fused-ring (bicyclic) bond motifs is 7. The van der Waals surface area contributed by atoms with Gasteiger partial charge in [0.05, 0.1) is 18.7 Å². The monoisotopic (exact) mass is 713 g/mol. The maximum Gasteiger partial charge on any atom is 0.335 e. The number of allylic oxidation sites excluding steroid dienone is 3. The lowest BCUT2D eigenvalue weighted by Gasteiger charge is -2.72. The lowest BCUT2D eigenvalue weighted by atomic mass is 9.32. The molecule has 4 fully saturated rings. The molecule has 7 nitrogen and oxygen atoms in total. The van der Waals surface area contributed by atoms with Crippen LogP contribution in [0.25, 0.3) is 5.57 Å². The van der Waals surface area contributed by atoms with E-state index in [1.165, 1.54) is 30.9 Å². The third-order valence-corrected chi connectivity index (χ3v) is 16.3. The van der Waals surface area contributed by atoms with Crippen molar-refractivity contribution < 1.29 is 29.4 Å². The van der Waals surface area contributed by atoms with Gasteiger partial charge in [-0.2, -0.15) is 0 Å². The van der Waals surface area contributed by atoms with Gasteiger partial charge in [-0.15, -0.1) is 0 Å². The number of Topliss-reactive ketones (excluding diaryl/α,β-unsaturated/α-hetero) is 2. The molecule has 1 aromatic rings.